The van der Waals surface area contributed by atoms with Crippen molar-refractivity contribution in [2.24, 2.45) is 5.92 Å². The van der Waals surface area contributed by atoms with Crippen molar-refractivity contribution in [3.8, 4) is 0 Å². The Balaban J connectivity index is 1.57. The number of aryl methyl sites for hydroxylation is 1. The monoisotopic (exact) mass is 390 g/mol. The number of nitrogens with one attached hydrogen (secondary N) is 1. The highest BCUT2D eigenvalue weighted by atomic mass is 19.1. The van der Waals surface area contributed by atoms with Gasteiger partial charge in [0.05, 0.1) is 23.6 Å². The molecular formula is C22H23FN6. The second-order valence-electron chi connectivity index (χ2n) is 8.58. The number of imidazole rings is 1. The van der Waals surface area contributed by atoms with Gasteiger partial charge in [-0.05, 0) is 56.7 Å². The summed E-state index contributed by atoms with van der Waals surface area (Å²) in [6, 6.07) is 5.93. The Hall–Kier alpha value is -2.96. The van der Waals surface area contributed by atoms with E-state index in [1.807, 2.05) is 22.8 Å². The van der Waals surface area contributed by atoms with E-state index in [1.54, 1.807) is 6.07 Å². The van der Waals surface area contributed by atoms with Crippen molar-refractivity contribution in [3.05, 3.63) is 59.9 Å². The SMILES string of the molecule is C=C1N[C@H](C)CCc2ncc(F)cc2C23CC2CCN3c2ccc3ncc1n3n2. The predicted molar refractivity (Wildman–Crippen MR) is 109 cm³/mol. The minimum atomic E-state index is -0.264. The van der Waals surface area contributed by atoms with Gasteiger partial charge in [-0.2, -0.15) is 0 Å². The highest BCUT2D eigenvalue weighted by Gasteiger charge is 2.64. The van der Waals surface area contributed by atoms with Crippen molar-refractivity contribution in [3.63, 3.8) is 0 Å². The number of halogens is 1. The van der Waals surface area contributed by atoms with Gasteiger partial charge in [0, 0.05) is 23.8 Å². The van der Waals surface area contributed by atoms with E-state index in [9.17, 15) is 4.39 Å². The fourth-order valence-electron chi connectivity index (χ4n) is 5.32. The van der Waals surface area contributed by atoms with Gasteiger partial charge < -0.3 is 10.2 Å². The van der Waals surface area contributed by atoms with Crippen molar-refractivity contribution >= 4 is 17.2 Å². The molecule has 1 saturated carbocycles. The number of rotatable bonds is 0. The van der Waals surface area contributed by atoms with E-state index in [1.165, 1.54) is 6.20 Å². The molecule has 1 saturated heterocycles. The van der Waals surface area contributed by atoms with Gasteiger partial charge in [0.1, 0.15) is 17.3 Å². The molecule has 1 N–H and O–H groups in total. The maximum absolute atomic E-state index is 14.3. The van der Waals surface area contributed by atoms with Crippen LogP contribution < -0.4 is 10.2 Å². The molecular weight excluding hydrogens is 367 g/mol. The summed E-state index contributed by atoms with van der Waals surface area (Å²) in [7, 11) is 0. The summed E-state index contributed by atoms with van der Waals surface area (Å²) in [5.41, 5.74) is 4.33. The first-order valence-electron chi connectivity index (χ1n) is 10.3. The standard InChI is InChI=1S/C22H23FN6/c1-13-3-4-18-17(9-16(23)11-24-18)22-10-15(22)7-8-28(22)21-6-5-20-25-12-19(14(2)26-13)29(20)27-21/h5-6,9,11-13,15,26H,2-4,7-8,10H2,1H3/t13-,15?,22?/m1/s1. The molecule has 2 fully saturated rings. The summed E-state index contributed by atoms with van der Waals surface area (Å²) in [6.45, 7) is 7.27. The molecule has 29 heavy (non-hydrogen) atoms. The first-order chi connectivity index (χ1) is 14.1. The Morgan fingerprint density at radius 3 is 3.00 bits per heavy atom. The number of nitrogens with zero attached hydrogens (tertiary/aromatic N) is 5. The number of hydrogen-bond acceptors (Lipinski definition) is 5. The topological polar surface area (TPSA) is 58.4 Å². The molecule has 0 aromatic carbocycles. The second-order valence-corrected chi connectivity index (χ2v) is 8.58. The molecule has 6 nitrogen and oxygen atoms in total. The first-order valence-corrected chi connectivity index (χ1v) is 10.3. The van der Waals surface area contributed by atoms with E-state index in [2.05, 4.69) is 33.7 Å². The van der Waals surface area contributed by atoms with Gasteiger partial charge in [-0.25, -0.2) is 13.9 Å². The van der Waals surface area contributed by atoms with Crippen molar-refractivity contribution in [2.75, 3.05) is 11.4 Å². The van der Waals surface area contributed by atoms with Crippen LogP contribution in [0.25, 0.3) is 11.3 Å². The summed E-state index contributed by atoms with van der Waals surface area (Å²) in [4.78, 5) is 11.4. The maximum atomic E-state index is 14.3. The van der Waals surface area contributed by atoms with Crippen LogP contribution in [0.15, 0.2) is 37.2 Å². The number of anilines is 1. The van der Waals surface area contributed by atoms with Gasteiger partial charge in [0.25, 0.3) is 0 Å². The molecule has 2 unspecified atom stereocenters. The van der Waals surface area contributed by atoms with Gasteiger partial charge in [-0.1, -0.05) is 6.58 Å². The van der Waals surface area contributed by atoms with Crippen LogP contribution in [-0.2, 0) is 12.0 Å². The predicted octanol–water partition coefficient (Wildman–Crippen LogP) is 3.28. The summed E-state index contributed by atoms with van der Waals surface area (Å²) in [5.74, 6) is 1.16. The van der Waals surface area contributed by atoms with Gasteiger partial charge in [0.15, 0.2) is 5.65 Å². The fourth-order valence-corrected chi connectivity index (χ4v) is 5.32. The van der Waals surface area contributed by atoms with Crippen molar-refractivity contribution in [2.45, 2.75) is 44.2 Å². The molecule has 5 heterocycles. The van der Waals surface area contributed by atoms with Crippen LogP contribution in [0.2, 0.25) is 0 Å². The lowest BCUT2D eigenvalue weighted by Gasteiger charge is -2.31. The summed E-state index contributed by atoms with van der Waals surface area (Å²) < 4.78 is 16.1. The molecule has 1 aliphatic carbocycles. The number of hydrogen-bond donors (Lipinski definition) is 1. The molecule has 6 rings (SSSR count). The van der Waals surface area contributed by atoms with Gasteiger partial charge in [-0.15, -0.1) is 5.10 Å². The highest BCUT2D eigenvalue weighted by Crippen LogP contribution is 2.63. The third-order valence-corrected chi connectivity index (χ3v) is 6.83. The zero-order chi connectivity index (χ0) is 19.8. The molecule has 3 aromatic heterocycles. The van der Waals surface area contributed by atoms with E-state index in [-0.39, 0.29) is 17.4 Å². The summed E-state index contributed by atoms with van der Waals surface area (Å²) in [6.07, 6.45) is 6.98. The average Bonchev–Trinajstić information content (AvgIpc) is 3.09. The Kier molecular flexibility index (Phi) is 3.38. The summed E-state index contributed by atoms with van der Waals surface area (Å²) in [5, 5.41) is 8.41. The molecule has 0 amide bonds. The quantitative estimate of drug-likeness (QED) is 0.638. The molecule has 7 heteroatoms. The average molecular weight is 390 g/mol. The summed E-state index contributed by atoms with van der Waals surface area (Å²) >= 11 is 0. The number of pyridine rings is 1. The lowest BCUT2D eigenvalue weighted by molar-refractivity contribution is 0.567. The van der Waals surface area contributed by atoms with Crippen molar-refractivity contribution in [1.82, 2.24) is 24.9 Å². The minimum Gasteiger partial charge on any atom is -0.381 e. The molecule has 0 radical (unpaired) electrons. The van der Waals surface area contributed by atoms with Crippen molar-refractivity contribution < 1.29 is 4.39 Å². The van der Waals surface area contributed by atoms with Gasteiger partial charge in [-0.3, -0.25) is 4.98 Å². The zero-order valence-electron chi connectivity index (χ0n) is 16.4. The van der Waals surface area contributed by atoms with E-state index in [0.29, 0.717) is 5.92 Å². The molecule has 3 aliphatic rings. The molecule has 2 bridgehead atoms. The Labute approximate surface area is 168 Å². The lowest BCUT2D eigenvalue weighted by Crippen LogP contribution is -2.35. The van der Waals surface area contributed by atoms with Crippen LogP contribution >= 0.6 is 0 Å². The lowest BCUT2D eigenvalue weighted by atomic mass is 9.96. The zero-order valence-corrected chi connectivity index (χ0v) is 16.4. The fraction of sp³-hybridized carbons (Fsp3) is 0.409. The number of fused-ring (bicyclic) bond motifs is 3. The Bertz CT molecular complexity index is 1150. The number of aromatic nitrogens is 4. The highest BCUT2D eigenvalue weighted by molar-refractivity contribution is 5.63. The van der Waals surface area contributed by atoms with E-state index in [4.69, 9.17) is 5.10 Å². The Morgan fingerprint density at radius 1 is 1.24 bits per heavy atom. The Morgan fingerprint density at radius 2 is 2.14 bits per heavy atom. The van der Waals surface area contributed by atoms with E-state index < -0.39 is 0 Å². The van der Waals surface area contributed by atoms with Crippen LogP contribution in [0.5, 0.6) is 0 Å². The molecule has 3 atom stereocenters. The molecule has 1 spiro atoms. The van der Waals surface area contributed by atoms with Gasteiger partial charge >= 0.3 is 0 Å². The first kappa shape index (κ1) is 16.9. The molecule has 3 aromatic rings. The largest absolute Gasteiger partial charge is 0.381 e. The molecule has 148 valence electrons. The number of piperidine rings is 1. The van der Waals surface area contributed by atoms with Crippen LogP contribution in [0.4, 0.5) is 10.2 Å². The smallest absolute Gasteiger partial charge is 0.154 e. The second kappa shape index (κ2) is 5.78. The van der Waals surface area contributed by atoms with Crippen LogP contribution in [0.1, 0.15) is 43.1 Å². The van der Waals surface area contributed by atoms with Crippen LogP contribution in [0, 0.1) is 11.7 Å². The van der Waals surface area contributed by atoms with Crippen LogP contribution in [0.3, 0.4) is 0 Å². The molecule has 2 aliphatic heterocycles. The third kappa shape index (κ3) is 2.36. The minimum absolute atomic E-state index is 0.187. The normalized spacial score (nSPS) is 28.1. The van der Waals surface area contributed by atoms with E-state index in [0.717, 1.165) is 66.3 Å². The van der Waals surface area contributed by atoms with E-state index >= 15 is 0 Å². The maximum Gasteiger partial charge on any atom is 0.154 e. The third-order valence-electron chi connectivity index (χ3n) is 6.83. The van der Waals surface area contributed by atoms with Gasteiger partial charge in [0.2, 0.25) is 0 Å². The van der Waals surface area contributed by atoms with Crippen LogP contribution in [-0.4, -0.2) is 32.2 Å². The van der Waals surface area contributed by atoms with Crippen molar-refractivity contribution in [1.29, 1.82) is 0 Å².